The molecule has 1 aromatic carbocycles. The Kier molecular flexibility index (Phi) is 2.53. The van der Waals surface area contributed by atoms with Crippen LogP contribution in [0.5, 0.6) is 0 Å². The maximum Gasteiger partial charge on any atom is 0.416 e. The molecule has 3 N–H and O–H groups in total. The van der Waals surface area contributed by atoms with Gasteiger partial charge >= 0.3 is 6.18 Å². The van der Waals surface area contributed by atoms with Crippen molar-refractivity contribution in [3.05, 3.63) is 35.9 Å². The van der Waals surface area contributed by atoms with E-state index in [0.717, 1.165) is 12.1 Å². The minimum atomic E-state index is -4.34. The number of nitrogens with one attached hydrogen (secondary N) is 1. The molecular weight excluding hydrogens is 269 g/mol. The van der Waals surface area contributed by atoms with Crippen molar-refractivity contribution in [1.29, 1.82) is 0 Å². The van der Waals surface area contributed by atoms with Gasteiger partial charge in [0.1, 0.15) is 5.82 Å². The summed E-state index contributed by atoms with van der Waals surface area (Å²) >= 11 is 0. The zero-order valence-corrected chi connectivity index (χ0v) is 10.5. The molecule has 0 radical (unpaired) electrons. The highest BCUT2D eigenvalue weighted by Crippen LogP contribution is 2.33. The number of aromatic nitrogens is 3. The Morgan fingerprint density at radius 1 is 1.20 bits per heavy atom. The molecule has 7 heteroatoms. The van der Waals surface area contributed by atoms with Gasteiger partial charge in [-0.05, 0) is 24.3 Å². The van der Waals surface area contributed by atoms with Crippen LogP contribution in [0.25, 0.3) is 22.3 Å². The normalized spacial score (nSPS) is 12.2. The van der Waals surface area contributed by atoms with Crippen LogP contribution in [0.2, 0.25) is 0 Å². The van der Waals surface area contributed by atoms with E-state index >= 15 is 0 Å². The highest BCUT2D eigenvalue weighted by molar-refractivity contribution is 5.86. The van der Waals surface area contributed by atoms with Gasteiger partial charge in [-0.15, -0.1) is 0 Å². The molecule has 0 amide bonds. The fraction of sp³-hybridized carbons (Fsp3) is 0.154. The molecule has 0 aliphatic rings. The molecule has 0 unspecified atom stereocenters. The first kappa shape index (κ1) is 12.6. The minimum Gasteiger partial charge on any atom is -0.382 e. The zero-order valence-electron chi connectivity index (χ0n) is 10.5. The first-order valence-electron chi connectivity index (χ1n) is 5.84. The fourth-order valence-corrected chi connectivity index (χ4v) is 2.19. The summed E-state index contributed by atoms with van der Waals surface area (Å²) in [6.45, 7) is 0. The average Bonchev–Trinajstić information content (AvgIpc) is 2.89. The molecule has 2 heterocycles. The lowest BCUT2D eigenvalue weighted by Gasteiger charge is -2.05. The van der Waals surface area contributed by atoms with Crippen molar-refractivity contribution in [1.82, 2.24) is 14.8 Å². The summed E-state index contributed by atoms with van der Waals surface area (Å²) in [5.41, 5.74) is 6.95. The van der Waals surface area contributed by atoms with Gasteiger partial charge in [0.15, 0.2) is 0 Å². The number of fused-ring (bicyclic) bond motifs is 1. The quantitative estimate of drug-likeness (QED) is 0.719. The van der Waals surface area contributed by atoms with E-state index in [4.69, 9.17) is 5.73 Å². The molecule has 104 valence electrons. The molecule has 0 aliphatic carbocycles. The summed E-state index contributed by atoms with van der Waals surface area (Å²) in [5, 5.41) is 4.50. The number of nitrogen functional groups attached to an aromatic ring is 1. The molecule has 4 nitrogen and oxygen atoms in total. The predicted octanol–water partition coefficient (Wildman–Crippen LogP) is 3.17. The number of benzene rings is 1. The Morgan fingerprint density at radius 2 is 1.95 bits per heavy atom. The number of hydrogen-bond donors (Lipinski definition) is 2. The van der Waals surface area contributed by atoms with E-state index in [2.05, 4.69) is 10.1 Å². The second-order valence-electron chi connectivity index (χ2n) is 4.56. The highest BCUT2D eigenvalue weighted by Gasteiger charge is 2.30. The Labute approximate surface area is 112 Å². The van der Waals surface area contributed by atoms with Crippen molar-refractivity contribution in [2.45, 2.75) is 6.18 Å². The van der Waals surface area contributed by atoms with E-state index in [1.54, 1.807) is 23.9 Å². The van der Waals surface area contributed by atoms with Crippen LogP contribution >= 0.6 is 0 Å². The van der Waals surface area contributed by atoms with Crippen molar-refractivity contribution in [2.24, 2.45) is 7.05 Å². The van der Waals surface area contributed by atoms with Gasteiger partial charge < -0.3 is 10.7 Å². The van der Waals surface area contributed by atoms with Crippen LogP contribution in [-0.2, 0) is 13.2 Å². The third-order valence-electron chi connectivity index (χ3n) is 3.12. The topological polar surface area (TPSA) is 59.6 Å². The van der Waals surface area contributed by atoms with E-state index in [1.807, 2.05) is 0 Å². The average molecular weight is 280 g/mol. The summed E-state index contributed by atoms with van der Waals surface area (Å²) in [6.07, 6.45) is -4.34. The molecule has 0 saturated heterocycles. The molecular formula is C13H11F3N4. The maximum atomic E-state index is 12.7. The summed E-state index contributed by atoms with van der Waals surface area (Å²) in [7, 11) is 1.72. The molecule has 3 rings (SSSR count). The van der Waals surface area contributed by atoms with Crippen LogP contribution in [0.3, 0.4) is 0 Å². The van der Waals surface area contributed by atoms with Gasteiger partial charge in [0.25, 0.3) is 0 Å². The SMILES string of the molecule is Cn1nc(N)cc1-c1cc2cc(C(F)(F)F)ccc2[nH]1. The van der Waals surface area contributed by atoms with Crippen molar-refractivity contribution in [3.8, 4) is 11.4 Å². The summed E-state index contributed by atoms with van der Waals surface area (Å²) in [4.78, 5) is 3.06. The lowest BCUT2D eigenvalue weighted by atomic mass is 10.1. The standard InChI is InChI=1S/C13H11F3N4/c1-20-11(6-12(17)19-20)10-5-7-4-8(13(14,15)16)2-3-9(7)18-10/h2-6,18H,1H3,(H2,17,19). The van der Waals surface area contributed by atoms with Gasteiger partial charge in [0, 0.05) is 24.0 Å². The van der Waals surface area contributed by atoms with Gasteiger partial charge in [0.2, 0.25) is 0 Å². The first-order valence-corrected chi connectivity index (χ1v) is 5.84. The molecule has 0 spiro atoms. The smallest absolute Gasteiger partial charge is 0.382 e. The number of aromatic amines is 1. The summed E-state index contributed by atoms with van der Waals surface area (Å²) < 4.78 is 39.6. The van der Waals surface area contributed by atoms with Crippen molar-refractivity contribution in [2.75, 3.05) is 5.73 Å². The van der Waals surface area contributed by atoms with Crippen molar-refractivity contribution < 1.29 is 13.2 Å². The zero-order chi connectivity index (χ0) is 14.5. The first-order chi connectivity index (χ1) is 9.34. The van der Waals surface area contributed by atoms with Gasteiger partial charge in [-0.25, -0.2) is 0 Å². The Morgan fingerprint density at radius 3 is 2.55 bits per heavy atom. The van der Waals surface area contributed by atoms with Gasteiger partial charge in [-0.2, -0.15) is 18.3 Å². The van der Waals surface area contributed by atoms with Crippen LogP contribution in [0.4, 0.5) is 19.0 Å². The van der Waals surface area contributed by atoms with E-state index in [9.17, 15) is 13.2 Å². The maximum absolute atomic E-state index is 12.7. The number of nitrogens with zero attached hydrogens (tertiary/aromatic N) is 2. The Hall–Kier alpha value is -2.44. The lowest BCUT2D eigenvalue weighted by molar-refractivity contribution is -0.137. The molecule has 0 atom stereocenters. The fourth-order valence-electron chi connectivity index (χ4n) is 2.19. The molecule has 0 fully saturated rings. The van der Waals surface area contributed by atoms with Gasteiger partial charge in [-0.1, -0.05) is 0 Å². The second kappa shape index (κ2) is 4.03. The minimum absolute atomic E-state index is 0.358. The third kappa shape index (κ3) is 2.01. The van der Waals surface area contributed by atoms with E-state index < -0.39 is 11.7 Å². The summed E-state index contributed by atoms with van der Waals surface area (Å²) in [5.74, 6) is 0.358. The number of hydrogen-bond acceptors (Lipinski definition) is 2. The van der Waals surface area contributed by atoms with Gasteiger partial charge in [0.05, 0.1) is 17.0 Å². The second-order valence-corrected chi connectivity index (χ2v) is 4.56. The van der Waals surface area contributed by atoms with Crippen molar-refractivity contribution in [3.63, 3.8) is 0 Å². The monoisotopic (exact) mass is 280 g/mol. The number of rotatable bonds is 1. The number of anilines is 1. The largest absolute Gasteiger partial charge is 0.416 e. The molecule has 0 aliphatic heterocycles. The molecule has 3 aromatic rings. The molecule has 0 bridgehead atoms. The number of aryl methyl sites for hydroxylation is 1. The molecule has 0 saturated carbocycles. The Balaban J connectivity index is 2.14. The van der Waals surface area contributed by atoms with Crippen LogP contribution in [0.15, 0.2) is 30.3 Å². The predicted molar refractivity (Wildman–Crippen MR) is 69.9 cm³/mol. The number of nitrogens with two attached hydrogens (primary N) is 1. The van der Waals surface area contributed by atoms with E-state index in [0.29, 0.717) is 28.1 Å². The van der Waals surface area contributed by atoms with E-state index in [1.165, 1.54) is 6.07 Å². The van der Waals surface area contributed by atoms with Crippen LogP contribution in [-0.4, -0.2) is 14.8 Å². The van der Waals surface area contributed by atoms with Crippen LogP contribution in [0, 0.1) is 0 Å². The van der Waals surface area contributed by atoms with Gasteiger partial charge in [-0.3, -0.25) is 4.68 Å². The van der Waals surface area contributed by atoms with E-state index in [-0.39, 0.29) is 0 Å². The van der Waals surface area contributed by atoms with Crippen LogP contribution in [0.1, 0.15) is 5.56 Å². The highest BCUT2D eigenvalue weighted by atomic mass is 19.4. The number of H-pyrrole nitrogens is 1. The lowest BCUT2D eigenvalue weighted by Crippen LogP contribution is -2.03. The third-order valence-corrected chi connectivity index (χ3v) is 3.12. The molecule has 2 aromatic heterocycles. The Bertz CT molecular complexity index is 783. The van der Waals surface area contributed by atoms with Crippen LogP contribution < -0.4 is 5.73 Å². The van der Waals surface area contributed by atoms with Crippen molar-refractivity contribution >= 4 is 16.7 Å². The summed E-state index contributed by atoms with van der Waals surface area (Å²) in [6, 6.07) is 6.91. The molecule has 20 heavy (non-hydrogen) atoms. The number of halogens is 3. The number of alkyl halides is 3.